The van der Waals surface area contributed by atoms with Crippen molar-refractivity contribution in [3.8, 4) is 0 Å². The van der Waals surface area contributed by atoms with Crippen molar-refractivity contribution in [3.63, 3.8) is 0 Å². The molecule has 0 fully saturated rings. The van der Waals surface area contributed by atoms with Crippen molar-refractivity contribution >= 4 is 54.5 Å². The summed E-state index contributed by atoms with van der Waals surface area (Å²) in [4.78, 5) is 0. The van der Waals surface area contributed by atoms with Crippen molar-refractivity contribution in [1.82, 2.24) is 0 Å². The highest BCUT2D eigenvalue weighted by Crippen LogP contribution is 2.27. The third kappa shape index (κ3) is 1.71. The molecule has 0 aromatic heterocycles. The Hall–Kier alpha value is 0.840. The zero-order valence-corrected chi connectivity index (χ0v) is 10.00. The van der Waals surface area contributed by atoms with Crippen molar-refractivity contribution in [3.05, 3.63) is 30.5 Å². The lowest BCUT2D eigenvalue weighted by atomic mass is 10.4. The molecule has 0 atom stereocenters. The van der Waals surface area contributed by atoms with Crippen LogP contribution in [-0.4, -0.2) is 0 Å². The summed E-state index contributed by atoms with van der Waals surface area (Å²) in [6.07, 6.45) is 0. The fourth-order valence-corrected chi connectivity index (χ4v) is 1.86. The second kappa shape index (κ2) is 3.49. The smallest absolute Gasteiger partial charge is 0.152 e. The van der Waals surface area contributed by atoms with Crippen LogP contribution < -0.4 is 0 Å². The summed E-state index contributed by atoms with van der Waals surface area (Å²) in [7, 11) is 0. The van der Waals surface area contributed by atoms with Gasteiger partial charge in [0.15, 0.2) is 5.82 Å². The second-order valence-corrected chi connectivity index (χ2v) is 4.47. The van der Waals surface area contributed by atoms with Crippen molar-refractivity contribution in [2.75, 3.05) is 0 Å². The molecule has 0 aliphatic rings. The van der Waals surface area contributed by atoms with Gasteiger partial charge in [0.2, 0.25) is 0 Å². The van der Waals surface area contributed by atoms with E-state index in [1.807, 2.05) is 6.07 Å². The van der Waals surface area contributed by atoms with Crippen LogP contribution in [-0.2, 0) is 0 Å². The molecule has 0 unspecified atom stereocenters. The molecule has 0 saturated carbocycles. The van der Waals surface area contributed by atoms with Crippen molar-refractivity contribution < 1.29 is 4.39 Å². The minimum atomic E-state index is -0.244. The van der Waals surface area contributed by atoms with Gasteiger partial charge in [0.25, 0.3) is 0 Å². The molecular weight excluding hydrogens is 378 g/mol. The standard InChI is InChI=1S/C6H2Br2FI/c7-3-1-2-4(10)5(8)6(3)9/h1-2H. The van der Waals surface area contributed by atoms with Crippen LogP contribution in [0.1, 0.15) is 0 Å². The average Bonchev–Trinajstić information content (AvgIpc) is 1.93. The average molecular weight is 380 g/mol. The van der Waals surface area contributed by atoms with Gasteiger partial charge in [-0.25, -0.2) is 4.39 Å². The van der Waals surface area contributed by atoms with Crippen LogP contribution in [0, 0.1) is 9.39 Å². The lowest BCUT2D eigenvalue weighted by Crippen LogP contribution is -1.82. The molecule has 1 rings (SSSR count). The maximum Gasteiger partial charge on any atom is 0.152 e. The normalized spacial score (nSPS) is 10.0. The van der Waals surface area contributed by atoms with Crippen LogP contribution >= 0.6 is 54.5 Å². The Morgan fingerprint density at radius 3 is 2.40 bits per heavy atom. The largest absolute Gasteiger partial charge is 0.204 e. The maximum atomic E-state index is 12.9. The second-order valence-electron chi connectivity index (χ2n) is 1.66. The minimum absolute atomic E-state index is 0.244. The fraction of sp³-hybridized carbons (Fsp3) is 0. The van der Waals surface area contributed by atoms with Crippen LogP contribution in [0.2, 0.25) is 0 Å². The van der Waals surface area contributed by atoms with E-state index in [-0.39, 0.29) is 5.82 Å². The Kier molecular flexibility index (Phi) is 3.12. The van der Waals surface area contributed by atoms with Crippen LogP contribution in [0.4, 0.5) is 4.39 Å². The molecular formula is C6H2Br2FI. The van der Waals surface area contributed by atoms with Gasteiger partial charge in [-0.2, -0.15) is 0 Å². The molecule has 1 aromatic carbocycles. The summed E-state index contributed by atoms with van der Waals surface area (Å²) in [5, 5.41) is 0. The van der Waals surface area contributed by atoms with E-state index >= 15 is 0 Å². The molecule has 54 valence electrons. The zero-order chi connectivity index (χ0) is 7.72. The first-order chi connectivity index (χ1) is 4.63. The summed E-state index contributed by atoms with van der Waals surface area (Å²) in [5.41, 5.74) is 0. The van der Waals surface area contributed by atoms with Gasteiger partial charge in [0.1, 0.15) is 0 Å². The molecule has 0 saturated heterocycles. The summed E-state index contributed by atoms with van der Waals surface area (Å²) in [5.74, 6) is -0.244. The van der Waals surface area contributed by atoms with Crippen LogP contribution in [0.15, 0.2) is 21.1 Å². The third-order valence-corrected chi connectivity index (χ3v) is 4.02. The van der Waals surface area contributed by atoms with E-state index in [9.17, 15) is 4.39 Å². The van der Waals surface area contributed by atoms with Gasteiger partial charge in [0.05, 0.1) is 8.95 Å². The van der Waals surface area contributed by atoms with Crippen molar-refractivity contribution in [2.24, 2.45) is 0 Å². The Morgan fingerprint density at radius 1 is 1.30 bits per heavy atom. The molecule has 0 heterocycles. The summed E-state index contributed by atoms with van der Waals surface area (Å²) < 4.78 is 14.8. The van der Waals surface area contributed by atoms with E-state index in [2.05, 4.69) is 54.5 Å². The van der Waals surface area contributed by atoms with E-state index in [1.54, 1.807) is 6.07 Å². The van der Waals surface area contributed by atoms with Gasteiger partial charge in [-0.3, -0.25) is 0 Å². The highest BCUT2D eigenvalue weighted by Gasteiger charge is 2.05. The monoisotopic (exact) mass is 378 g/mol. The lowest BCUT2D eigenvalue weighted by Gasteiger charge is -1.98. The van der Waals surface area contributed by atoms with E-state index < -0.39 is 0 Å². The number of hydrogen-bond acceptors (Lipinski definition) is 0. The Bertz CT molecular complexity index is 235. The van der Waals surface area contributed by atoms with Gasteiger partial charge in [-0.1, -0.05) is 0 Å². The fourth-order valence-electron chi connectivity index (χ4n) is 0.502. The molecule has 0 spiro atoms. The minimum Gasteiger partial charge on any atom is -0.204 e. The number of benzene rings is 1. The number of hydrogen-bond donors (Lipinski definition) is 0. The molecule has 0 aliphatic heterocycles. The maximum absolute atomic E-state index is 12.9. The van der Waals surface area contributed by atoms with Gasteiger partial charge >= 0.3 is 0 Å². The van der Waals surface area contributed by atoms with Crippen LogP contribution in [0.25, 0.3) is 0 Å². The van der Waals surface area contributed by atoms with E-state index in [1.165, 1.54) is 0 Å². The summed E-state index contributed by atoms with van der Waals surface area (Å²) in [6.45, 7) is 0. The van der Waals surface area contributed by atoms with E-state index in [4.69, 9.17) is 0 Å². The first kappa shape index (κ1) is 8.93. The first-order valence-corrected chi connectivity index (χ1v) is 5.08. The number of rotatable bonds is 0. The highest BCUT2D eigenvalue weighted by atomic mass is 127. The van der Waals surface area contributed by atoms with Gasteiger partial charge < -0.3 is 0 Å². The van der Waals surface area contributed by atoms with Crippen molar-refractivity contribution in [2.45, 2.75) is 0 Å². The molecule has 0 amide bonds. The molecule has 0 radical (unpaired) electrons. The van der Waals surface area contributed by atoms with E-state index in [0.717, 1.165) is 3.57 Å². The first-order valence-electron chi connectivity index (χ1n) is 2.42. The Balaban J connectivity index is 3.34. The zero-order valence-electron chi connectivity index (χ0n) is 4.67. The predicted molar refractivity (Wildman–Crippen MR) is 54.5 cm³/mol. The van der Waals surface area contributed by atoms with Gasteiger partial charge in [0, 0.05) is 3.57 Å². The quantitative estimate of drug-likeness (QED) is 0.364. The number of halogens is 4. The highest BCUT2D eigenvalue weighted by molar-refractivity contribution is 14.1. The molecule has 0 N–H and O–H groups in total. The molecule has 4 heteroatoms. The Morgan fingerprint density at radius 2 is 1.90 bits per heavy atom. The molecule has 1 aromatic rings. The Labute approximate surface area is 88.6 Å². The summed E-state index contributed by atoms with van der Waals surface area (Å²) >= 11 is 8.25. The third-order valence-electron chi connectivity index (χ3n) is 0.988. The predicted octanol–water partition coefficient (Wildman–Crippen LogP) is 3.96. The van der Waals surface area contributed by atoms with Crippen LogP contribution in [0.3, 0.4) is 0 Å². The molecule has 0 nitrogen and oxygen atoms in total. The van der Waals surface area contributed by atoms with Crippen molar-refractivity contribution in [1.29, 1.82) is 0 Å². The van der Waals surface area contributed by atoms with Crippen LogP contribution in [0.5, 0.6) is 0 Å². The van der Waals surface area contributed by atoms with Gasteiger partial charge in [-0.15, -0.1) is 0 Å². The molecule has 0 aliphatic carbocycles. The van der Waals surface area contributed by atoms with E-state index in [0.29, 0.717) is 8.95 Å². The van der Waals surface area contributed by atoms with Gasteiger partial charge in [-0.05, 0) is 66.6 Å². The topological polar surface area (TPSA) is 0 Å². The molecule has 10 heavy (non-hydrogen) atoms. The summed E-state index contributed by atoms with van der Waals surface area (Å²) in [6, 6.07) is 3.51. The lowest BCUT2D eigenvalue weighted by molar-refractivity contribution is 0.613. The SMILES string of the molecule is Fc1c(Br)ccc(I)c1Br. The molecule has 0 bridgehead atoms.